The van der Waals surface area contributed by atoms with E-state index in [1.165, 1.54) is 49.8 Å². The number of hydrogen-bond donors (Lipinski definition) is 0. The summed E-state index contributed by atoms with van der Waals surface area (Å²) in [5, 5.41) is 0.692. The molecular formula is C32H26F6O. The Balaban J connectivity index is 1.51. The Labute approximate surface area is 223 Å². The van der Waals surface area contributed by atoms with Gasteiger partial charge in [0.2, 0.25) is 5.75 Å². The monoisotopic (exact) mass is 540 g/mol. The van der Waals surface area contributed by atoms with Gasteiger partial charge in [-0.05, 0) is 65.8 Å². The molecule has 4 aromatic rings. The van der Waals surface area contributed by atoms with Crippen LogP contribution in [0, 0.1) is 29.3 Å². The van der Waals surface area contributed by atoms with Gasteiger partial charge in [-0.2, -0.15) is 0 Å². The summed E-state index contributed by atoms with van der Waals surface area (Å²) < 4.78 is 84.2. The van der Waals surface area contributed by atoms with Gasteiger partial charge in [-0.25, -0.2) is 13.2 Å². The molecule has 4 aromatic carbocycles. The minimum absolute atomic E-state index is 0.164. The largest absolute Gasteiger partial charge is 0.573 e. The molecule has 0 atom stereocenters. The summed E-state index contributed by atoms with van der Waals surface area (Å²) in [7, 11) is 0. The fraction of sp³-hybridized carbons (Fsp3) is 0.250. The van der Waals surface area contributed by atoms with E-state index < -0.39 is 29.6 Å². The van der Waals surface area contributed by atoms with E-state index in [1.54, 1.807) is 18.2 Å². The van der Waals surface area contributed by atoms with Crippen molar-refractivity contribution in [3.8, 4) is 28.7 Å². The first-order valence-electron chi connectivity index (χ1n) is 12.7. The van der Waals surface area contributed by atoms with Crippen LogP contribution in [-0.2, 0) is 6.42 Å². The SMILES string of the molecule is CCCCCCCc1ccc(C#Cc2ccc3c(F)c(-c4cc(F)c(OC(F)(F)F)c(F)c4)ccc3c2)cc1. The molecule has 1 nitrogen and oxygen atoms in total. The van der Waals surface area contributed by atoms with Crippen LogP contribution in [0.15, 0.2) is 66.7 Å². The van der Waals surface area contributed by atoms with Crippen molar-refractivity contribution in [1.82, 2.24) is 0 Å². The lowest BCUT2D eigenvalue weighted by atomic mass is 9.98. The molecule has 39 heavy (non-hydrogen) atoms. The molecule has 0 bridgehead atoms. The molecule has 0 saturated carbocycles. The van der Waals surface area contributed by atoms with Crippen LogP contribution in [0.1, 0.15) is 55.7 Å². The average Bonchev–Trinajstić information content (AvgIpc) is 2.89. The predicted molar refractivity (Wildman–Crippen MR) is 141 cm³/mol. The summed E-state index contributed by atoms with van der Waals surface area (Å²) in [6.07, 6.45) is 1.94. The molecule has 0 aromatic heterocycles. The maximum Gasteiger partial charge on any atom is 0.573 e. The lowest BCUT2D eigenvalue weighted by molar-refractivity contribution is -0.276. The first-order valence-corrected chi connectivity index (χ1v) is 12.7. The second-order valence-electron chi connectivity index (χ2n) is 9.29. The molecule has 0 aliphatic heterocycles. The van der Waals surface area contributed by atoms with Gasteiger partial charge in [-0.3, -0.25) is 0 Å². The van der Waals surface area contributed by atoms with Crippen LogP contribution in [0.5, 0.6) is 5.75 Å². The molecule has 0 saturated heterocycles. The van der Waals surface area contributed by atoms with Crippen molar-refractivity contribution in [2.75, 3.05) is 0 Å². The van der Waals surface area contributed by atoms with E-state index in [1.807, 2.05) is 12.1 Å². The third kappa shape index (κ3) is 7.35. The van der Waals surface area contributed by atoms with E-state index in [2.05, 4.69) is 35.6 Å². The Morgan fingerprint density at radius 2 is 1.36 bits per heavy atom. The van der Waals surface area contributed by atoms with Crippen LogP contribution in [0.25, 0.3) is 21.9 Å². The normalized spacial score (nSPS) is 11.4. The van der Waals surface area contributed by atoms with Gasteiger partial charge in [-0.1, -0.05) is 74.8 Å². The smallest absolute Gasteiger partial charge is 0.399 e. The summed E-state index contributed by atoms with van der Waals surface area (Å²) in [6.45, 7) is 2.20. The number of rotatable bonds is 8. The van der Waals surface area contributed by atoms with Gasteiger partial charge in [0.15, 0.2) is 11.6 Å². The Hall–Kier alpha value is -3.92. The average molecular weight is 541 g/mol. The molecule has 7 heteroatoms. The second kappa shape index (κ2) is 12.3. The van der Waals surface area contributed by atoms with Crippen molar-refractivity contribution in [1.29, 1.82) is 0 Å². The number of benzene rings is 4. The molecule has 0 N–H and O–H groups in total. The number of fused-ring (bicyclic) bond motifs is 1. The van der Waals surface area contributed by atoms with E-state index in [0.717, 1.165) is 12.0 Å². The van der Waals surface area contributed by atoms with Gasteiger partial charge in [0, 0.05) is 22.1 Å². The molecule has 0 aliphatic rings. The Morgan fingerprint density at radius 3 is 2.03 bits per heavy atom. The highest BCUT2D eigenvalue weighted by Crippen LogP contribution is 2.35. The summed E-state index contributed by atoms with van der Waals surface area (Å²) in [4.78, 5) is 0. The van der Waals surface area contributed by atoms with Crippen LogP contribution >= 0.6 is 0 Å². The molecule has 0 unspecified atom stereocenters. The Morgan fingerprint density at radius 1 is 0.718 bits per heavy atom. The van der Waals surface area contributed by atoms with Crippen molar-refractivity contribution < 1.29 is 31.1 Å². The highest BCUT2D eigenvalue weighted by Gasteiger charge is 2.34. The number of aryl methyl sites for hydroxylation is 1. The third-order valence-electron chi connectivity index (χ3n) is 6.36. The molecule has 0 amide bonds. The van der Waals surface area contributed by atoms with Gasteiger partial charge in [-0.15, -0.1) is 13.2 Å². The zero-order chi connectivity index (χ0) is 28.0. The summed E-state index contributed by atoms with van der Waals surface area (Å²) in [5.41, 5.74) is 2.36. The van der Waals surface area contributed by atoms with E-state index >= 15 is 4.39 Å². The van der Waals surface area contributed by atoms with Crippen LogP contribution in [-0.4, -0.2) is 6.36 Å². The minimum atomic E-state index is -5.27. The van der Waals surface area contributed by atoms with Crippen molar-refractivity contribution in [2.45, 2.75) is 51.8 Å². The van der Waals surface area contributed by atoms with Gasteiger partial charge in [0.05, 0.1) is 0 Å². The Bertz CT molecular complexity index is 1490. The van der Waals surface area contributed by atoms with Gasteiger partial charge >= 0.3 is 6.36 Å². The second-order valence-corrected chi connectivity index (χ2v) is 9.29. The highest BCUT2D eigenvalue weighted by molar-refractivity contribution is 5.89. The van der Waals surface area contributed by atoms with Crippen molar-refractivity contribution >= 4 is 10.8 Å². The molecule has 202 valence electrons. The molecular weight excluding hydrogens is 514 g/mol. The number of halogens is 6. The fourth-order valence-corrected chi connectivity index (χ4v) is 4.35. The van der Waals surface area contributed by atoms with Crippen LogP contribution in [0.3, 0.4) is 0 Å². The molecule has 0 fully saturated rings. The lowest BCUT2D eigenvalue weighted by Gasteiger charge is -2.13. The van der Waals surface area contributed by atoms with Crippen LogP contribution in [0.4, 0.5) is 26.3 Å². The minimum Gasteiger partial charge on any atom is -0.399 e. The number of unbranched alkanes of at least 4 members (excludes halogenated alkanes) is 4. The fourth-order valence-electron chi connectivity index (χ4n) is 4.35. The van der Waals surface area contributed by atoms with E-state index in [-0.39, 0.29) is 16.5 Å². The first kappa shape index (κ1) is 28.1. The highest BCUT2D eigenvalue weighted by atomic mass is 19.4. The maximum absolute atomic E-state index is 15.3. The van der Waals surface area contributed by atoms with E-state index in [4.69, 9.17) is 0 Å². The number of ether oxygens (including phenoxy) is 1. The van der Waals surface area contributed by atoms with Crippen molar-refractivity contribution in [3.63, 3.8) is 0 Å². The summed E-state index contributed by atoms with van der Waals surface area (Å²) in [6, 6.07) is 17.0. The quantitative estimate of drug-likeness (QED) is 0.123. The molecule has 0 radical (unpaired) electrons. The maximum atomic E-state index is 15.3. The van der Waals surface area contributed by atoms with Crippen LogP contribution < -0.4 is 4.74 Å². The number of alkyl halides is 3. The van der Waals surface area contributed by atoms with E-state index in [9.17, 15) is 22.0 Å². The topological polar surface area (TPSA) is 9.23 Å². The molecule has 0 aliphatic carbocycles. The zero-order valence-electron chi connectivity index (χ0n) is 21.3. The van der Waals surface area contributed by atoms with Gasteiger partial charge < -0.3 is 4.74 Å². The Kier molecular flexibility index (Phi) is 8.86. The molecule has 4 rings (SSSR count). The van der Waals surface area contributed by atoms with Crippen molar-refractivity contribution in [3.05, 3.63) is 101 Å². The van der Waals surface area contributed by atoms with Crippen LogP contribution in [0.2, 0.25) is 0 Å². The van der Waals surface area contributed by atoms with Crippen molar-refractivity contribution in [2.24, 2.45) is 0 Å². The summed E-state index contributed by atoms with van der Waals surface area (Å²) >= 11 is 0. The third-order valence-corrected chi connectivity index (χ3v) is 6.36. The first-order chi connectivity index (χ1) is 18.6. The van der Waals surface area contributed by atoms with E-state index in [0.29, 0.717) is 23.1 Å². The van der Waals surface area contributed by atoms with Gasteiger partial charge in [0.1, 0.15) is 5.82 Å². The predicted octanol–water partition coefficient (Wildman–Crippen LogP) is 9.74. The summed E-state index contributed by atoms with van der Waals surface area (Å²) in [5.74, 6) is 0.636. The molecule has 0 spiro atoms. The van der Waals surface area contributed by atoms with Gasteiger partial charge in [0.25, 0.3) is 0 Å². The zero-order valence-corrected chi connectivity index (χ0v) is 21.3. The molecule has 0 heterocycles. The number of hydrogen-bond acceptors (Lipinski definition) is 1. The standard InChI is InChI=1S/C32H26F6O/c1-2-3-4-5-6-7-21-8-10-22(11-9-21)12-13-23-14-16-26-24(18-23)15-17-27(30(26)35)25-19-28(33)31(29(34)20-25)39-32(36,37)38/h8-11,14-20H,2-7H2,1H3. The lowest BCUT2D eigenvalue weighted by Crippen LogP contribution is -2.19.